The van der Waals surface area contributed by atoms with Gasteiger partial charge in [0.1, 0.15) is 18.1 Å². The van der Waals surface area contributed by atoms with Crippen LogP contribution in [0.25, 0.3) is 0 Å². The van der Waals surface area contributed by atoms with E-state index in [-0.39, 0.29) is 31.2 Å². The van der Waals surface area contributed by atoms with Crippen molar-refractivity contribution < 1.29 is 33.4 Å². The van der Waals surface area contributed by atoms with Gasteiger partial charge in [-0.3, -0.25) is 14.4 Å². The molecule has 2 aliphatic heterocycles. The van der Waals surface area contributed by atoms with Gasteiger partial charge in [0.05, 0.1) is 24.3 Å². The van der Waals surface area contributed by atoms with Gasteiger partial charge in [-0.25, -0.2) is 4.79 Å². The number of hydrogen-bond donors (Lipinski definition) is 0. The van der Waals surface area contributed by atoms with E-state index in [0.29, 0.717) is 38.6 Å². The molecule has 4 aromatic rings. The Hall–Kier alpha value is -4.76. The van der Waals surface area contributed by atoms with Crippen molar-refractivity contribution in [3.8, 4) is 11.5 Å². The monoisotopic (exact) mass is 567 g/mol. The van der Waals surface area contributed by atoms with Crippen LogP contribution >= 0.6 is 11.3 Å². The minimum Gasteiger partial charge on any atom is -0.488 e. The molecule has 8 nitrogen and oxygen atoms in total. The second-order valence-electron chi connectivity index (χ2n) is 9.73. The Labute approximate surface area is 240 Å². The molecule has 0 aliphatic carbocycles. The first kappa shape index (κ1) is 26.5. The lowest BCUT2D eigenvalue weighted by Crippen LogP contribution is -2.52. The Balaban J connectivity index is 1.24. The molecule has 0 radical (unpaired) electrons. The summed E-state index contributed by atoms with van der Waals surface area (Å²) in [6, 6.07) is 20.5. The second kappa shape index (κ2) is 10.3. The molecular formula is C32H25NO7S. The van der Waals surface area contributed by atoms with Crippen LogP contribution in [-0.4, -0.2) is 37.2 Å². The van der Waals surface area contributed by atoms with Crippen molar-refractivity contribution in [3.63, 3.8) is 0 Å². The molecule has 0 fully saturated rings. The normalized spacial score (nSPS) is 17.2. The van der Waals surface area contributed by atoms with Gasteiger partial charge in [0, 0.05) is 34.7 Å². The van der Waals surface area contributed by atoms with E-state index < -0.39 is 23.3 Å². The van der Waals surface area contributed by atoms with Crippen molar-refractivity contribution in [2.45, 2.75) is 25.5 Å². The van der Waals surface area contributed by atoms with Crippen LogP contribution in [0.5, 0.6) is 11.5 Å². The number of benzene rings is 3. The first-order valence-electron chi connectivity index (χ1n) is 13.1. The van der Waals surface area contributed by atoms with Gasteiger partial charge in [0.2, 0.25) is 11.3 Å². The molecule has 3 heterocycles. The zero-order valence-corrected chi connectivity index (χ0v) is 23.2. The number of fused-ring (bicyclic) bond motifs is 3. The van der Waals surface area contributed by atoms with E-state index in [0.717, 1.165) is 5.56 Å². The number of nitrogens with zero attached hydrogens (tertiary/aromatic N) is 1. The Morgan fingerprint density at radius 3 is 2.59 bits per heavy atom. The number of ether oxygens (including phenoxy) is 3. The molecule has 9 heteroatoms. The van der Waals surface area contributed by atoms with Gasteiger partial charge in [0.25, 0.3) is 0 Å². The molecule has 0 unspecified atom stereocenters. The summed E-state index contributed by atoms with van der Waals surface area (Å²) >= 11 is 1.29. The van der Waals surface area contributed by atoms with E-state index in [4.69, 9.17) is 14.2 Å². The predicted octanol–water partition coefficient (Wildman–Crippen LogP) is 5.11. The zero-order valence-electron chi connectivity index (χ0n) is 22.3. The third-order valence-corrected chi connectivity index (χ3v) is 8.35. The number of hydrogen-bond acceptors (Lipinski definition) is 9. The average Bonchev–Trinajstić information content (AvgIpc) is 3.54. The third kappa shape index (κ3) is 4.29. The number of rotatable bonds is 6. The highest BCUT2D eigenvalue weighted by molar-refractivity contribution is 7.10. The largest absolute Gasteiger partial charge is 0.488 e. The quantitative estimate of drug-likeness (QED) is 0.180. The second-order valence-corrected chi connectivity index (χ2v) is 10.7. The standard InChI is InChI=1S/C32H25NO7S/c1-3-38-31(37)32(27-9-6-14-41-27)30(36)23-12-11-21(17-25(23)33(32)2)40-28(34)16-19-10-13-26-24(15-19)29(35)22-8-5-4-7-20(22)18-39-26/h4-15,17H,3,16,18H2,1-2H3/t32-/m1/s1. The Bertz CT molecular complexity index is 1710. The summed E-state index contributed by atoms with van der Waals surface area (Å²) in [5.74, 6) is -1.08. The summed E-state index contributed by atoms with van der Waals surface area (Å²) in [6.45, 7) is 2.10. The lowest BCUT2D eigenvalue weighted by atomic mass is 9.91. The Morgan fingerprint density at radius 2 is 1.80 bits per heavy atom. The van der Waals surface area contributed by atoms with Gasteiger partial charge in [-0.05, 0) is 48.2 Å². The van der Waals surface area contributed by atoms with Crippen LogP contribution in [0.2, 0.25) is 0 Å². The summed E-state index contributed by atoms with van der Waals surface area (Å²) in [5, 5.41) is 1.80. The minimum atomic E-state index is -1.65. The van der Waals surface area contributed by atoms with Crippen molar-refractivity contribution in [1.82, 2.24) is 0 Å². The lowest BCUT2D eigenvalue weighted by molar-refractivity contribution is -0.147. The van der Waals surface area contributed by atoms with Crippen LogP contribution in [0.3, 0.4) is 0 Å². The molecule has 1 atom stereocenters. The topological polar surface area (TPSA) is 99.2 Å². The summed E-state index contributed by atoms with van der Waals surface area (Å²) in [5.41, 5.74) is 1.50. The third-order valence-electron chi connectivity index (χ3n) is 7.37. The molecule has 2 aliphatic rings. The minimum absolute atomic E-state index is 0.0873. The van der Waals surface area contributed by atoms with Gasteiger partial charge in [-0.2, -0.15) is 0 Å². The van der Waals surface area contributed by atoms with E-state index in [1.807, 2.05) is 18.2 Å². The number of likely N-dealkylation sites (N-methyl/N-ethyl adjacent to an activating group) is 1. The first-order valence-corrected chi connectivity index (χ1v) is 14.0. The van der Waals surface area contributed by atoms with Crippen LogP contribution in [0.4, 0.5) is 5.69 Å². The van der Waals surface area contributed by atoms with E-state index in [2.05, 4.69) is 0 Å². The van der Waals surface area contributed by atoms with Crippen molar-refractivity contribution in [1.29, 1.82) is 0 Å². The number of carbonyl (C=O) groups excluding carboxylic acids is 4. The maximum atomic E-state index is 13.7. The molecule has 0 saturated carbocycles. The van der Waals surface area contributed by atoms with Gasteiger partial charge >= 0.3 is 11.9 Å². The van der Waals surface area contributed by atoms with Crippen LogP contribution in [0.15, 0.2) is 78.2 Å². The van der Waals surface area contributed by atoms with Crippen molar-refractivity contribution in [2.24, 2.45) is 0 Å². The SMILES string of the molecule is CCOC(=O)[C@@]1(c2cccs2)C(=O)c2ccc(OC(=O)Cc3ccc4c(c3)C(=O)c3ccccc3CO4)cc2N1C. The summed E-state index contributed by atoms with van der Waals surface area (Å²) in [6.07, 6.45) is -0.0873. The first-order chi connectivity index (χ1) is 19.8. The van der Waals surface area contributed by atoms with Crippen LogP contribution in [0, 0.1) is 0 Å². The molecule has 0 bridgehead atoms. The van der Waals surface area contributed by atoms with Crippen LogP contribution in [-0.2, 0) is 32.9 Å². The summed E-state index contributed by atoms with van der Waals surface area (Å²) in [4.78, 5) is 55.2. The van der Waals surface area contributed by atoms with E-state index >= 15 is 0 Å². The maximum Gasteiger partial charge on any atom is 0.345 e. The van der Waals surface area contributed by atoms with Crippen molar-refractivity contribution >= 4 is 40.5 Å². The van der Waals surface area contributed by atoms with E-state index in [9.17, 15) is 19.2 Å². The average molecular weight is 568 g/mol. The highest BCUT2D eigenvalue weighted by Gasteiger charge is 2.59. The number of ketones is 2. The van der Waals surface area contributed by atoms with Crippen LogP contribution in [0.1, 0.15) is 49.2 Å². The predicted molar refractivity (Wildman–Crippen MR) is 152 cm³/mol. The number of esters is 2. The fourth-order valence-corrected chi connectivity index (χ4v) is 6.34. The van der Waals surface area contributed by atoms with Gasteiger partial charge < -0.3 is 19.1 Å². The Morgan fingerprint density at radius 1 is 0.976 bits per heavy atom. The molecule has 0 amide bonds. The molecule has 1 aromatic heterocycles. The van der Waals surface area contributed by atoms with Crippen LogP contribution < -0.4 is 14.4 Å². The highest BCUT2D eigenvalue weighted by Crippen LogP contribution is 2.47. The molecule has 41 heavy (non-hydrogen) atoms. The summed E-state index contributed by atoms with van der Waals surface area (Å²) in [7, 11) is 1.65. The number of carbonyl (C=O) groups is 4. The van der Waals surface area contributed by atoms with Gasteiger partial charge in [-0.1, -0.05) is 36.4 Å². The Kier molecular flexibility index (Phi) is 6.67. The molecular weight excluding hydrogens is 542 g/mol. The number of anilines is 1. The van der Waals surface area contributed by atoms with Crippen molar-refractivity contribution in [2.75, 3.05) is 18.6 Å². The van der Waals surface area contributed by atoms with Crippen molar-refractivity contribution in [3.05, 3.63) is 111 Å². The molecule has 0 spiro atoms. The molecule has 0 N–H and O–H groups in total. The zero-order chi connectivity index (χ0) is 28.7. The number of thiophene rings is 1. The maximum absolute atomic E-state index is 13.7. The summed E-state index contributed by atoms with van der Waals surface area (Å²) < 4.78 is 16.8. The van der Waals surface area contributed by atoms with E-state index in [1.54, 1.807) is 72.8 Å². The van der Waals surface area contributed by atoms with Gasteiger partial charge in [0.15, 0.2) is 5.78 Å². The fourth-order valence-electron chi connectivity index (χ4n) is 5.39. The molecule has 206 valence electrons. The number of Topliss-reactive ketones (excluding diaryl/α,β-unsaturated/α-hetero) is 1. The lowest BCUT2D eigenvalue weighted by Gasteiger charge is -2.32. The molecule has 0 saturated heterocycles. The smallest absolute Gasteiger partial charge is 0.345 e. The fraction of sp³-hybridized carbons (Fsp3) is 0.188. The molecule has 6 rings (SSSR count). The highest BCUT2D eigenvalue weighted by atomic mass is 32.1. The molecule has 3 aromatic carbocycles. The van der Waals surface area contributed by atoms with E-state index in [1.165, 1.54) is 17.4 Å². The van der Waals surface area contributed by atoms with Gasteiger partial charge in [-0.15, -0.1) is 11.3 Å².